The Hall–Kier alpha value is -3.75. The molecule has 2 aromatic carbocycles. The number of anilines is 1. The quantitative estimate of drug-likeness (QED) is 0.443. The maximum atomic E-state index is 12.9. The second kappa shape index (κ2) is 12.3. The molecule has 0 aliphatic carbocycles. The van der Waals surface area contributed by atoms with Crippen molar-refractivity contribution in [1.82, 2.24) is 9.80 Å². The van der Waals surface area contributed by atoms with Crippen molar-refractivity contribution in [3.8, 4) is 0 Å². The summed E-state index contributed by atoms with van der Waals surface area (Å²) in [4.78, 5) is 40.6. The average molecular weight is 498 g/mol. The number of amides is 2. The van der Waals surface area contributed by atoms with Gasteiger partial charge in [-0.15, -0.1) is 0 Å². The summed E-state index contributed by atoms with van der Waals surface area (Å²) in [7, 11) is 1.34. The molecule has 1 saturated heterocycles. The molecule has 0 saturated carbocycles. The molecule has 1 heterocycles. The molecule has 0 unspecified atom stereocenters. The average Bonchev–Trinajstić information content (AvgIpc) is 2.86. The molecule has 2 amide bonds. The molecular weight excluding hydrogens is 462 g/mol. The van der Waals surface area contributed by atoms with E-state index in [0.717, 1.165) is 11.3 Å². The molecule has 1 fully saturated rings. The third kappa shape index (κ3) is 7.90. The second-order valence-corrected chi connectivity index (χ2v) is 9.60. The third-order valence-corrected chi connectivity index (χ3v) is 5.69. The molecule has 36 heavy (non-hydrogen) atoms. The molecule has 0 bridgehead atoms. The first-order valence-corrected chi connectivity index (χ1v) is 12.0. The Balaban J connectivity index is 1.61. The number of carbonyl (C=O) groups is 3. The Labute approximate surface area is 212 Å². The molecule has 0 aromatic heterocycles. The SMILES string of the molecule is COC(=O)c1ccc(NCC[C@@H]2CN(C(=O)OCc3ccccc3)CCN2C(=O)OC(C)(C)C)cc1. The van der Waals surface area contributed by atoms with Gasteiger partial charge in [-0.2, -0.15) is 0 Å². The van der Waals surface area contributed by atoms with Crippen LogP contribution in [-0.4, -0.2) is 72.9 Å². The molecule has 0 radical (unpaired) electrons. The summed E-state index contributed by atoms with van der Waals surface area (Å²) in [5, 5.41) is 3.31. The van der Waals surface area contributed by atoms with Gasteiger partial charge in [-0.1, -0.05) is 30.3 Å². The van der Waals surface area contributed by atoms with Gasteiger partial charge in [0.25, 0.3) is 0 Å². The molecule has 1 aliphatic heterocycles. The van der Waals surface area contributed by atoms with Crippen LogP contribution in [0, 0.1) is 0 Å². The zero-order valence-electron chi connectivity index (χ0n) is 21.4. The number of ether oxygens (including phenoxy) is 3. The molecule has 194 valence electrons. The summed E-state index contributed by atoms with van der Waals surface area (Å²) in [5.74, 6) is -0.393. The van der Waals surface area contributed by atoms with Crippen LogP contribution in [0.3, 0.4) is 0 Å². The molecule has 1 atom stereocenters. The van der Waals surface area contributed by atoms with E-state index in [1.807, 2.05) is 51.1 Å². The number of nitrogens with zero attached hydrogens (tertiary/aromatic N) is 2. The second-order valence-electron chi connectivity index (χ2n) is 9.60. The highest BCUT2D eigenvalue weighted by Gasteiger charge is 2.35. The lowest BCUT2D eigenvalue weighted by molar-refractivity contribution is -0.00387. The highest BCUT2D eigenvalue weighted by atomic mass is 16.6. The monoisotopic (exact) mass is 497 g/mol. The van der Waals surface area contributed by atoms with Crippen LogP contribution in [0.15, 0.2) is 54.6 Å². The largest absolute Gasteiger partial charge is 0.465 e. The van der Waals surface area contributed by atoms with Crippen molar-refractivity contribution in [2.45, 2.75) is 45.4 Å². The molecule has 3 rings (SSSR count). The first kappa shape index (κ1) is 26.8. The summed E-state index contributed by atoms with van der Waals surface area (Å²) in [6.07, 6.45) is -0.216. The fraction of sp³-hybridized carbons (Fsp3) is 0.444. The van der Waals surface area contributed by atoms with Crippen LogP contribution in [0.2, 0.25) is 0 Å². The summed E-state index contributed by atoms with van der Waals surface area (Å²) in [6, 6.07) is 16.2. The fourth-order valence-electron chi connectivity index (χ4n) is 3.86. The van der Waals surface area contributed by atoms with Gasteiger partial charge in [0, 0.05) is 31.9 Å². The lowest BCUT2D eigenvalue weighted by Crippen LogP contribution is -2.57. The van der Waals surface area contributed by atoms with E-state index in [9.17, 15) is 14.4 Å². The number of benzene rings is 2. The molecule has 0 spiro atoms. The third-order valence-electron chi connectivity index (χ3n) is 5.69. The molecule has 9 heteroatoms. The zero-order valence-corrected chi connectivity index (χ0v) is 21.4. The zero-order chi connectivity index (χ0) is 26.1. The van der Waals surface area contributed by atoms with Crippen molar-refractivity contribution in [2.24, 2.45) is 0 Å². The number of rotatable bonds is 7. The van der Waals surface area contributed by atoms with Gasteiger partial charge in [0.2, 0.25) is 0 Å². The Bertz CT molecular complexity index is 1020. The van der Waals surface area contributed by atoms with E-state index in [2.05, 4.69) is 5.32 Å². The van der Waals surface area contributed by atoms with E-state index in [1.165, 1.54) is 7.11 Å². The minimum atomic E-state index is -0.618. The molecule has 9 nitrogen and oxygen atoms in total. The minimum Gasteiger partial charge on any atom is -0.465 e. The highest BCUT2D eigenvalue weighted by molar-refractivity contribution is 5.89. The van der Waals surface area contributed by atoms with Crippen LogP contribution < -0.4 is 5.32 Å². The lowest BCUT2D eigenvalue weighted by atomic mass is 10.1. The summed E-state index contributed by atoms with van der Waals surface area (Å²) in [5.41, 5.74) is 1.60. The number of nitrogens with one attached hydrogen (secondary N) is 1. The molecule has 1 N–H and O–H groups in total. The first-order chi connectivity index (χ1) is 17.2. The maximum absolute atomic E-state index is 12.9. The van der Waals surface area contributed by atoms with Crippen LogP contribution in [-0.2, 0) is 20.8 Å². The van der Waals surface area contributed by atoms with Gasteiger partial charge in [0.1, 0.15) is 12.2 Å². The van der Waals surface area contributed by atoms with Crippen molar-refractivity contribution >= 4 is 23.8 Å². The Morgan fingerprint density at radius 2 is 1.67 bits per heavy atom. The topological polar surface area (TPSA) is 97.4 Å². The van der Waals surface area contributed by atoms with Crippen LogP contribution >= 0.6 is 0 Å². The van der Waals surface area contributed by atoms with E-state index in [1.54, 1.807) is 34.1 Å². The Morgan fingerprint density at radius 3 is 2.31 bits per heavy atom. The van der Waals surface area contributed by atoms with E-state index < -0.39 is 23.8 Å². The Kier molecular flexibility index (Phi) is 9.16. The number of piperazine rings is 1. The number of esters is 1. The summed E-state index contributed by atoms with van der Waals surface area (Å²) < 4.78 is 15.8. The van der Waals surface area contributed by atoms with Crippen LogP contribution in [0.4, 0.5) is 15.3 Å². The van der Waals surface area contributed by atoms with E-state index in [4.69, 9.17) is 14.2 Å². The van der Waals surface area contributed by atoms with Gasteiger partial charge in [-0.25, -0.2) is 14.4 Å². The predicted molar refractivity (Wildman–Crippen MR) is 136 cm³/mol. The van der Waals surface area contributed by atoms with Gasteiger partial charge in [0.05, 0.1) is 18.7 Å². The van der Waals surface area contributed by atoms with Crippen molar-refractivity contribution in [1.29, 1.82) is 0 Å². The van der Waals surface area contributed by atoms with E-state index in [0.29, 0.717) is 38.2 Å². The smallest absolute Gasteiger partial charge is 0.410 e. The highest BCUT2D eigenvalue weighted by Crippen LogP contribution is 2.20. The minimum absolute atomic E-state index is 0.194. The normalized spacial score (nSPS) is 15.7. The first-order valence-electron chi connectivity index (χ1n) is 12.0. The van der Waals surface area contributed by atoms with Gasteiger partial charge >= 0.3 is 18.2 Å². The number of methoxy groups -OCH3 is 1. The lowest BCUT2D eigenvalue weighted by Gasteiger charge is -2.41. The van der Waals surface area contributed by atoms with E-state index >= 15 is 0 Å². The van der Waals surface area contributed by atoms with Crippen molar-refractivity contribution in [3.05, 3.63) is 65.7 Å². The van der Waals surface area contributed by atoms with E-state index in [-0.39, 0.29) is 12.6 Å². The summed E-state index contributed by atoms with van der Waals surface area (Å²) in [6.45, 7) is 7.30. The number of hydrogen-bond donors (Lipinski definition) is 1. The van der Waals surface area contributed by atoms with Gasteiger partial charge in [-0.3, -0.25) is 0 Å². The Morgan fingerprint density at radius 1 is 0.972 bits per heavy atom. The predicted octanol–water partition coefficient (Wildman–Crippen LogP) is 4.53. The fourth-order valence-corrected chi connectivity index (χ4v) is 3.86. The molecule has 1 aliphatic rings. The van der Waals surface area contributed by atoms with Gasteiger partial charge in [0.15, 0.2) is 0 Å². The van der Waals surface area contributed by atoms with Gasteiger partial charge in [-0.05, 0) is 57.0 Å². The van der Waals surface area contributed by atoms with Crippen LogP contribution in [0.5, 0.6) is 0 Å². The van der Waals surface area contributed by atoms with Gasteiger partial charge < -0.3 is 29.3 Å². The van der Waals surface area contributed by atoms with Crippen molar-refractivity contribution < 1.29 is 28.6 Å². The van der Waals surface area contributed by atoms with Crippen LogP contribution in [0.1, 0.15) is 43.1 Å². The van der Waals surface area contributed by atoms with Crippen molar-refractivity contribution in [2.75, 3.05) is 38.6 Å². The number of carbonyl (C=O) groups excluding carboxylic acids is 3. The molecular formula is C27H35N3O6. The van der Waals surface area contributed by atoms with Crippen LogP contribution in [0.25, 0.3) is 0 Å². The molecule has 2 aromatic rings. The standard InChI is InChI=1S/C27H35N3O6/c1-27(2,3)36-26(33)30-17-16-29(25(32)35-19-20-8-6-5-7-9-20)18-23(30)14-15-28-22-12-10-21(11-13-22)24(31)34-4/h5-13,23,28H,14-19H2,1-4H3/t23-/m1/s1. The summed E-state index contributed by atoms with van der Waals surface area (Å²) >= 11 is 0. The number of hydrogen-bond acceptors (Lipinski definition) is 7. The maximum Gasteiger partial charge on any atom is 0.410 e. The van der Waals surface area contributed by atoms with Crippen molar-refractivity contribution in [3.63, 3.8) is 0 Å².